The van der Waals surface area contributed by atoms with Crippen LogP contribution in [0, 0.1) is 11.7 Å². The van der Waals surface area contributed by atoms with Gasteiger partial charge in [0.15, 0.2) is 0 Å². The average molecular weight is 355 g/mol. The summed E-state index contributed by atoms with van der Waals surface area (Å²) < 4.78 is 20.0. The van der Waals surface area contributed by atoms with Crippen molar-refractivity contribution in [3.8, 4) is 0 Å². The summed E-state index contributed by atoms with van der Waals surface area (Å²) in [5.74, 6) is -0.0875. The Morgan fingerprint density at radius 3 is 2.88 bits per heavy atom. The SMILES string of the molecule is O=C(N1CCOC[C@H](Cc2ccncn2)C1)C1(c2ccccc2F)CC1. The quantitative estimate of drug-likeness (QED) is 0.845. The first-order valence-electron chi connectivity index (χ1n) is 9.06. The molecule has 0 N–H and O–H groups in total. The summed E-state index contributed by atoms with van der Waals surface area (Å²) in [7, 11) is 0. The first kappa shape index (κ1) is 17.1. The summed E-state index contributed by atoms with van der Waals surface area (Å²) in [5, 5.41) is 0. The van der Waals surface area contributed by atoms with Crippen LogP contribution in [0.25, 0.3) is 0 Å². The van der Waals surface area contributed by atoms with Crippen LogP contribution in [0.3, 0.4) is 0 Å². The molecule has 1 aliphatic carbocycles. The molecule has 0 unspecified atom stereocenters. The van der Waals surface area contributed by atoms with Crippen LogP contribution in [-0.2, 0) is 21.4 Å². The Morgan fingerprint density at radius 1 is 1.31 bits per heavy atom. The molecule has 4 rings (SSSR count). The van der Waals surface area contributed by atoms with Gasteiger partial charge >= 0.3 is 0 Å². The van der Waals surface area contributed by atoms with Crippen LogP contribution in [0.1, 0.15) is 24.1 Å². The van der Waals surface area contributed by atoms with Gasteiger partial charge in [0, 0.05) is 36.5 Å². The van der Waals surface area contributed by atoms with Crippen LogP contribution < -0.4 is 0 Å². The highest BCUT2D eigenvalue weighted by atomic mass is 19.1. The number of hydrogen-bond donors (Lipinski definition) is 0. The van der Waals surface area contributed by atoms with Gasteiger partial charge in [-0.15, -0.1) is 0 Å². The molecule has 0 spiro atoms. The van der Waals surface area contributed by atoms with E-state index in [0.29, 0.717) is 44.7 Å². The number of amides is 1. The van der Waals surface area contributed by atoms with Crippen LogP contribution in [0.15, 0.2) is 42.9 Å². The Morgan fingerprint density at radius 2 is 2.15 bits per heavy atom. The Balaban J connectivity index is 1.51. The molecule has 136 valence electrons. The van der Waals surface area contributed by atoms with Gasteiger partial charge in [0.2, 0.25) is 5.91 Å². The predicted molar refractivity (Wildman–Crippen MR) is 93.9 cm³/mol. The van der Waals surface area contributed by atoms with Gasteiger partial charge in [-0.3, -0.25) is 4.79 Å². The molecule has 2 fully saturated rings. The zero-order valence-electron chi connectivity index (χ0n) is 14.6. The number of carbonyl (C=O) groups is 1. The van der Waals surface area contributed by atoms with Gasteiger partial charge in [-0.05, 0) is 31.4 Å². The van der Waals surface area contributed by atoms with Crippen molar-refractivity contribution >= 4 is 5.91 Å². The van der Waals surface area contributed by atoms with Crippen molar-refractivity contribution in [2.45, 2.75) is 24.7 Å². The third-order valence-corrected chi connectivity index (χ3v) is 5.31. The van der Waals surface area contributed by atoms with Gasteiger partial charge in [-0.25, -0.2) is 14.4 Å². The molecule has 1 aromatic carbocycles. The zero-order chi connectivity index (χ0) is 18.0. The van der Waals surface area contributed by atoms with Crippen LogP contribution in [0.5, 0.6) is 0 Å². The normalized spacial score (nSPS) is 21.9. The summed E-state index contributed by atoms with van der Waals surface area (Å²) in [5.41, 5.74) is 0.787. The maximum absolute atomic E-state index is 14.3. The topological polar surface area (TPSA) is 55.3 Å². The predicted octanol–water partition coefficient (Wildman–Crippen LogP) is 2.36. The highest BCUT2D eigenvalue weighted by Gasteiger charge is 2.54. The summed E-state index contributed by atoms with van der Waals surface area (Å²) in [6.07, 6.45) is 5.41. The maximum atomic E-state index is 14.3. The van der Waals surface area contributed by atoms with E-state index in [1.54, 1.807) is 24.4 Å². The number of hydrogen-bond acceptors (Lipinski definition) is 4. The van der Waals surface area contributed by atoms with Gasteiger partial charge < -0.3 is 9.64 Å². The van der Waals surface area contributed by atoms with Crippen molar-refractivity contribution < 1.29 is 13.9 Å². The average Bonchev–Trinajstić information content (AvgIpc) is 3.48. The van der Waals surface area contributed by atoms with Crippen molar-refractivity contribution in [3.05, 3.63) is 59.9 Å². The molecule has 2 aromatic rings. The molecule has 6 heteroatoms. The Labute approximate surface area is 152 Å². The highest BCUT2D eigenvalue weighted by molar-refractivity contribution is 5.91. The standard InChI is InChI=1S/C20H22FN3O2/c21-18-4-2-1-3-17(18)20(6-7-20)19(25)24-9-10-26-13-15(12-24)11-16-5-8-22-14-23-16/h1-5,8,14-15H,6-7,9-13H2/t15-/m1/s1. The van der Waals surface area contributed by atoms with E-state index in [1.807, 2.05) is 11.0 Å². The third-order valence-electron chi connectivity index (χ3n) is 5.31. The summed E-state index contributed by atoms with van der Waals surface area (Å²) in [4.78, 5) is 23.3. The van der Waals surface area contributed by atoms with E-state index in [2.05, 4.69) is 9.97 Å². The molecule has 5 nitrogen and oxygen atoms in total. The fraction of sp³-hybridized carbons (Fsp3) is 0.450. The Hall–Kier alpha value is -2.34. The Kier molecular flexibility index (Phi) is 4.68. The molecular formula is C20H22FN3O2. The minimum absolute atomic E-state index is 0.0285. The number of rotatable bonds is 4. The van der Waals surface area contributed by atoms with Crippen molar-refractivity contribution in [3.63, 3.8) is 0 Å². The largest absolute Gasteiger partial charge is 0.379 e. The van der Waals surface area contributed by atoms with E-state index in [1.165, 1.54) is 12.4 Å². The first-order chi connectivity index (χ1) is 12.7. The lowest BCUT2D eigenvalue weighted by Gasteiger charge is -2.28. The summed E-state index contributed by atoms with van der Waals surface area (Å²) in [6, 6.07) is 8.53. The van der Waals surface area contributed by atoms with E-state index in [4.69, 9.17) is 4.74 Å². The van der Waals surface area contributed by atoms with Gasteiger partial charge in [-0.2, -0.15) is 0 Å². The van der Waals surface area contributed by atoms with Crippen molar-refractivity contribution in [2.24, 2.45) is 5.92 Å². The molecule has 1 atom stereocenters. The maximum Gasteiger partial charge on any atom is 0.233 e. The number of ether oxygens (including phenoxy) is 1. The molecule has 1 saturated heterocycles. The molecule has 1 saturated carbocycles. The highest BCUT2D eigenvalue weighted by Crippen LogP contribution is 2.50. The van der Waals surface area contributed by atoms with Gasteiger partial charge in [0.05, 0.1) is 18.6 Å². The summed E-state index contributed by atoms with van der Waals surface area (Å²) in [6.45, 7) is 2.27. The second-order valence-corrected chi connectivity index (χ2v) is 7.16. The smallest absolute Gasteiger partial charge is 0.233 e. The second kappa shape index (κ2) is 7.11. The van der Waals surface area contributed by atoms with Crippen molar-refractivity contribution in [2.75, 3.05) is 26.3 Å². The van der Waals surface area contributed by atoms with Crippen LogP contribution in [0.4, 0.5) is 4.39 Å². The molecular weight excluding hydrogens is 333 g/mol. The number of benzene rings is 1. The van der Waals surface area contributed by atoms with E-state index >= 15 is 0 Å². The minimum Gasteiger partial charge on any atom is -0.379 e. The number of carbonyl (C=O) groups excluding carboxylic acids is 1. The lowest BCUT2D eigenvalue weighted by molar-refractivity contribution is -0.134. The molecule has 2 aliphatic rings. The van der Waals surface area contributed by atoms with Crippen LogP contribution >= 0.6 is 0 Å². The monoisotopic (exact) mass is 355 g/mol. The fourth-order valence-corrected chi connectivity index (χ4v) is 3.80. The third kappa shape index (κ3) is 3.33. The number of halogens is 1. The van der Waals surface area contributed by atoms with Crippen molar-refractivity contribution in [1.82, 2.24) is 14.9 Å². The number of nitrogens with zero attached hydrogens (tertiary/aromatic N) is 3. The molecule has 26 heavy (non-hydrogen) atoms. The van der Waals surface area contributed by atoms with Crippen molar-refractivity contribution in [1.29, 1.82) is 0 Å². The van der Waals surface area contributed by atoms with E-state index < -0.39 is 5.41 Å². The molecule has 0 bridgehead atoms. The van der Waals surface area contributed by atoms with Crippen LogP contribution in [-0.4, -0.2) is 47.1 Å². The number of aromatic nitrogens is 2. The van der Waals surface area contributed by atoms with Gasteiger partial charge in [0.1, 0.15) is 12.1 Å². The second-order valence-electron chi connectivity index (χ2n) is 7.16. The van der Waals surface area contributed by atoms with E-state index in [9.17, 15) is 9.18 Å². The Bertz CT molecular complexity index is 780. The molecule has 1 aromatic heterocycles. The zero-order valence-corrected chi connectivity index (χ0v) is 14.6. The van der Waals surface area contributed by atoms with E-state index in [-0.39, 0.29) is 17.6 Å². The lowest BCUT2D eigenvalue weighted by atomic mass is 9.93. The molecule has 0 radical (unpaired) electrons. The first-order valence-corrected chi connectivity index (χ1v) is 9.06. The van der Waals surface area contributed by atoms with Gasteiger partial charge in [0.25, 0.3) is 0 Å². The van der Waals surface area contributed by atoms with Crippen LogP contribution in [0.2, 0.25) is 0 Å². The lowest BCUT2D eigenvalue weighted by Crippen LogP contribution is -2.43. The van der Waals surface area contributed by atoms with E-state index in [0.717, 1.165) is 12.1 Å². The van der Waals surface area contributed by atoms with Gasteiger partial charge in [-0.1, -0.05) is 18.2 Å². The minimum atomic E-state index is -0.685. The molecule has 1 aliphatic heterocycles. The fourth-order valence-electron chi connectivity index (χ4n) is 3.80. The molecule has 1 amide bonds. The summed E-state index contributed by atoms with van der Waals surface area (Å²) >= 11 is 0. The molecule has 2 heterocycles.